The number of halogens is 1. The van der Waals surface area contributed by atoms with Crippen LogP contribution in [0.3, 0.4) is 0 Å². The summed E-state index contributed by atoms with van der Waals surface area (Å²) in [6, 6.07) is 0. The summed E-state index contributed by atoms with van der Waals surface area (Å²) >= 11 is 0. The maximum absolute atomic E-state index is 11.9. The van der Waals surface area contributed by atoms with Crippen LogP contribution in [0.4, 0.5) is 4.79 Å². The molecule has 1 amide bonds. The van der Waals surface area contributed by atoms with Gasteiger partial charge in [-0.3, -0.25) is 4.99 Å². The Labute approximate surface area is 186 Å². The zero-order chi connectivity index (χ0) is 20.3. The molecule has 9 nitrogen and oxygen atoms in total. The normalized spacial score (nSPS) is 15.2. The Morgan fingerprint density at radius 1 is 1.11 bits per heavy atom. The van der Waals surface area contributed by atoms with Gasteiger partial charge in [-0.25, -0.2) is 17.9 Å². The minimum atomic E-state index is -3.27. The lowest BCUT2D eigenvalue weighted by atomic mass is 9.86. The van der Waals surface area contributed by atoms with Crippen molar-refractivity contribution in [2.75, 3.05) is 39.0 Å². The number of carbonyl (C=O) groups is 1. The van der Waals surface area contributed by atoms with Crippen molar-refractivity contribution in [2.24, 2.45) is 10.9 Å². The molecule has 11 heteroatoms. The van der Waals surface area contributed by atoms with Crippen LogP contribution in [0.25, 0.3) is 0 Å². The molecular formula is C17H36IN5O4S. The van der Waals surface area contributed by atoms with Gasteiger partial charge in [0.15, 0.2) is 5.96 Å². The Balaban J connectivity index is 0.00000729. The highest BCUT2D eigenvalue weighted by atomic mass is 127. The van der Waals surface area contributed by atoms with Gasteiger partial charge in [0.2, 0.25) is 10.0 Å². The van der Waals surface area contributed by atoms with Gasteiger partial charge in [0.25, 0.3) is 0 Å². The number of nitrogens with zero attached hydrogens (tertiary/aromatic N) is 1. The quantitative estimate of drug-likeness (QED) is 0.146. The Kier molecular flexibility index (Phi) is 13.0. The van der Waals surface area contributed by atoms with Crippen molar-refractivity contribution in [3.63, 3.8) is 0 Å². The van der Waals surface area contributed by atoms with Crippen LogP contribution >= 0.6 is 24.0 Å². The van der Waals surface area contributed by atoms with E-state index in [2.05, 4.69) is 25.7 Å². The number of sulfonamides is 1. The molecule has 1 aliphatic rings. The van der Waals surface area contributed by atoms with E-state index in [1.165, 1.54) is 6.42 Å². The smallest absolute Gasteiger partial charge is 0.407 e. The number of guanidine groups is 1. The zero-order valence-corrected chi connectivity index (χ0v) is 20.5. The summed E-state index contributed by atoms with van der Waals surface area (Å²) in [5.41, 5.74) is -0.513. The van der Waals surface area contributed by atoms with Crippen LogP contribution in [-0.4, -0.2) is 65.1 Å². The molecule has 0 bridgehead atoms. The van der Waals surface area contributed by atoms with E-state index in [0.717, 1.165) is 12.8 Å². The summed E-state index contributed by atoms with van der Waals surface area (Å²) in [5.74, 6) is 1.03. The van der Waals surface area contributed by atoms with Gasteiger partial charge >= 0.3 is 6.09 Å². The second kappa shape index (κ2) is 13.4. The van der Waals surface area contributed by atoms with Crippen LogP contribution in [0.1, 0.15) is 46.5 Å². The zero-order valence-electron chi connectivity index (χ0n) is 17.3. The monoisotopic (exact) mass is 533 g/mol. The molecule has 28 heavy (non-hydrogen) atoms. The van der Waals surface area contributed by atoms with E-state index in [-0.39, 0.29) is 36.3 Å². The molecule has 0 spiro atoms. The van der Waals surface area contributed by atoms with Gasteiger partial charge < -0.3 is 20.7 Å². The van der Waals surface area contributed by atoms with E-state index in [4.69, 9.17) is 4.74 Å². The number of amides is 1. The molecule has 1 fully saturated rings. The van der Waals surface area contributed by atoms with E-state index in [0.29, 0.717) is 37.9 Å². The van der Waals surface area contributed by atoms with Crippen LogP contribution in [0.5, 0.6) is 0 Å². The van der Waals surface area contributed by atoms with Gasteiger partial charge in [0.05, 0.1) is 5.75 Å². The van der Waals surface area contributed by atoms with Crippen molar-refractivity contribution in [1.29, 1.82) is 0 Å². The van der Waals surface area contributed by atoms with Gasteiger partial charge in [0.1, 0.15) is 5.60 Å². The van der Waals surface area contributed by atoms with Crippen molar-refractivity contribution >= 4 is 46.1 Å². The van der Waals surface area contributed by atoms with Gasteiger partial charge in [-0.05, 0) is 46.0 Å². The molecule has 0 aliphatic heterocycles. The summed E-state index contributed by atoms with van der Waals surface area (Å²) in [6.45, 7) is 7.31. The number of nitrogens with one attached hydrogen (secondary N) is 4. The molecule has 0 saturated heterocycles. The highest BCUT2D eigenvalue weighted by Crippen LogP contribution is 2.25. The SMILES string of the molecule is CN=C(NCCCNC(=O)OC(C)(C)C)NCCS(=O)(=O)NCC1CCC1.I. The van der Waals surface area contributed by atoms with E-state index in [1.54, 1.807) is 7.05 Å². The first-order chi connectivity index (χ1) is 12.6. The second-order valence-electron chi connectivity index (χ2n) is 7.67. The van der Waals surface area contributed by atoms with Gasteiger partial charge in [0, 0.05) is 33.2 Å². The van der Waals surface area contributed by atoms with Gasteiger partial charge in [-0.2, -0.15) is 0 Å². The lowest BCUT2D eigenvalue weighted by Gasteiger charge is -2.25. The van der Waals surface area contributed by atoms with E-state index in [1.807, 2.05) is 20.8 Å². The number of hydrogen-bond donors (Lipinski definition) is 4. The molecule has 4 N–H and O–H groups in total. The molecule has 0 heterocycles. The fourth-order valence-corrected chi connectivity index (χ4v) is 3.34. The van der Waals surface area contributed by atoms with Crippen LogP contribution in [0.15, 0.2) is 4.99 Å². The summed E-state index contributed by atoms with van der Waals surface area (Å²) in [5, 5.41) is 8.73. The van der Waals surface area contributed by atoms with Crippen molar-refractivity contribution in [3.8, 4) is 0 Å². The highest BCUT2D eigenvalue weighted by Gasteiger charge is 2.20. The molecule has 0 unspecified atom stereocenters. The Bertz CT molecular complexity index is 589. The molecule has 0 aromatic heterocycles. The number of alkyl carbamates (subject to hydrolysis) is 1. The van der Waals surface area contributed by atoms with Crippen molar-refractivity contribution in [3.05, 3.63) is 0 Å². The number of hydrogen-bond acceptors (Lipinski definition) is 5. The van der Waals surface area contributed by atoms with Gasteiger partial charge in [-0.1, -0.05) is 6.42 Å². The molecule has 1 aliphatic carbocycles. The minimum absolute atomic E-state index is 0. The van der Waals surface area contributed by atoms with E-state index in [9.17, 15) is 13.2 Å². The second-order valence-corrected chi connectivity index (χ2v) is 9.60. The number of carbonyl (C=O) groups excluding carboxylic acids is 1. The molecule has 0 aromatic rings. The standard InChI is InChI=1S/C17H35N5O4S.HI/c1-17(2,3)26-16(23)21-10-6-9-19-15(18-4)20-11-12-27(24,25)22-13-14-7-5-8-14;/h14,22H,5-13H2,1-4H3,(H,21,23)(H2,18,19,20);1H. The number of ether oxygens (including phenoxy) is 1. The lowest BCUT2D eigenvalue weighted by molar-refractivity contribution is 0.0527. The fourth-order valence-electron chi connectivity index (χ4n) is 2.34. The fraction of sp³-hybridized carbons (Fsp3) is 0.882. The third-order valence-corrected chi connectivity index (χ3v) is 5.37. The summed E-state index contributed by atoms with van der Waals surface area (Å²) < 4.78 is 31.7. The lowest BCUT2D eigenvalue weighted by Crippen LogP contribution is -2.42. The van der Waals surface area contributed by atoms with Gasteiger partial charge in [-0.15, -0.1) is 24.0 Å². The molecule has 0 aromatic carbocycles. The van der Waals surface area contributed by atoms with Crippen molar-refractivity contribution in [2.45, 2.75) is 52.1 Å². The first-order valence-electron chi connectivity index (χ1n) is 9.50. The molecular weight excluding hydrogens is 497 g/mol. The topological polar surface area (TPSA) is 121 Å². The Morgan fingerprint density at radius 2 is 1.71 bits per heavy atom. The maximum Gasteiger partial charge on any atom is 0.407 e. The maximum atomic E-state index is 11.9. The average Bonchev–Trinajstić information content (AvgIpc) is 2.49. The van der Waals surface area contributed by atoms with E-state index < -0.39 is 21.7 Å². The molecule has 166 valence electrons. The average molecular weight is 533 g/mol. The van der Waals surface area contributed by atoms with Crippen LogP contribution in [0, 0.1) is 5.92 Å². The Morgan fingerprint density at radius 3 is 2.25 bits per heavy atom. The molecule has 1 rings (SSSR count). The first kappa shape index (κ1) is 27.2. The molecule has 0 radical (unpaired) electrons. The van der Waals surface area contributed by atoms with Crippen molar-refractivity contribution in [1.82, 2.24) is 20.7 Å². The van der Waals surface area contributed by atoms with Crippen LogP contribution < -0.4 is 20.7 Å². The third-order valence-electron chi connectivity index (χ3n) is 4.02. The number of rotatable bonds is 10. The summed E-state index contributed by atoms with van der Waals surface area (Å²) in [4.78, 5) is 15.6. The van der Waals surface area contributed by atoms with Crippen LogP contribution in [-0.2, 0) is 14.8 Å². The third kappa shape index (κ3) is 13.4. The minimum Gasteiger partial charge on any atom is -0.444 e. The summed E-state index contributed by atoms with van der Waals surface area (Å²) in [7, 11) is -1.64. The van der Waals surface area contributed by atoms with Crippen LogP contribution in [0.2, 0.25) is 0 Å². The predicted molar refractivity (Wildman–Crippen MR) is 123 cm³/mol. The number of aliphatic imine (C=N–C) groups is 1. The Hall–Kier alpha value is -0.820. The highest BCUT2D eigenvalue weighted by molar-refractivity contribution is 14.0. The molecule has 0 atom stereocenters. The largest absolute Gasteiger partial charge is 0.444 e. The predicted octanol–water partition coefficient (Wildman–Crippen LogP) is 1.40. The van der Waals surface area contributed by atoms with Crippen molar-refractivity contribution < 1.29 is 17.9 Å². The first-order valence-corrected chi connectivity index (χ1v) is 11.2. The summed E-state index contributed by atoms with van der Waals surface area (Å²) in [6.07, 6.45) is 3.66. The molecule has 1 saturated carbocycles. The van der Waals surface area contributed by atoms with E-state index >= 15 is 0 Å².